The van der Waals surface area contributed by atoms with Gasteiger partial charge in [0, 0.05) is 24.6 Å². The molecule has 1 aromatic heterocycles. The van der Waals surface area contributed by atoms with E-state index in [9.17, 15) is 8.42 Å². The van der Waals surface area contributed by atoms with Gasteiger partial charge in [0.05, 0.1) is 17.7 Å². The molecule has 0 aliphatic rings. The first-order chi connectivity index (χ1) is 13.0. The molecular weight excluding hydrogens is 364 g/mol. The maximum atomic E-state index is 12.4. The van der Waals surface area contributed by atoms with Crippen LogP contribution >= 0.6 is 0 Å². The fraction of sp³-hybridized carbons (Fsp3) is 0.250. The number of hydrogen-bond donors (Lipinski definition) is 1. The number of nitrogens with zero attached hydrogens (tertiary/aromatic N) is 1. The molecular formula is C20H22N2O4S. The van der Waals surface area contributed by atoms with E-state index in [1.165, 1.54) is 0 Å². The van der Waals surface area contributed by atoms with Crippen LogP contribution in [0.3, 0.4) is 0 Å². The zero-order valence-corrected chi connectivity index (χ0v) is 16.1. The summed E-state index contributed by atoms with van der Waals surface area (Å²) in [6.45, 7) is 2.27. The van der Waals surface area contributed by atoms with Crippen LogP contribution in [-0.4, -0.2) is 27.2 Å². The lowest BCUT2D eigenvalue weighted by Gasteiger charge is -2.06. The number of rotatable bonds is 8. The quantitative estimate of drug-likeness (QED) is 0.641. The topological polar surface area (TPSA) is 81.4 Å². The lowest BCUT2D eigenvalue weighted by molar-refractivity contribution is 0.412. The summed E-state index contributed by atoms with van der Waals surface area (Å²) in [6, 6.07) is 16.2. The molecule has 0 aliphatic heterocycles. The van der Waals surface area contributed by atoms with E-state index < -0.39 is 10.0 Å². The second kappa shape index (κ2) is 8.37. The molecule has 0 unspecified atom stereocenters. The highest BCUT2D eigenvalue weighted by molar-refractivity contribution is 7.89. The molecule has 3 aromatic rings. The number of hydrogen-bond acceptors (Lipinski definition) is 5. The van der Waals surface area contributed by atoms with Crippen LogP contribution in [0.25, 0.3) is 11.3 Å². The molecule has 27 heavy (non-hydrogen) atoms. The van der Waals surface area contributed by atoms with Gasteiger partial charge in [0.15, 0.2) is 5.76 Å². The van der Waals surface area contributed by atoms with Crippen molar-refractivity contribution in [3.05, 3.63) is 65.9 Å². The Morgan fingerprint density at radius 3 is 2.59 bits per heavy atom. The third-order valence-electron chi connectivity index (χ3n) is 4.23. The molecule has 2 aromatic carbocycles. The molecule has 6 nitrogen and oxygen atoms in total. The van der Waals surface area contributed by atoms with Gasteiger partial charge in [0.25, 0.3) is 0 Å². The highest BCUT2D eigenvalue weighted by Crippen LogP contribution is 2.24. The monoisotopic (exact) mass is 386 g/mol. The fourth-order valence-corrected chi connectivity index (χ4v) is 3.67. The molecule has 0 bridgehead atoms. The first kappa shape index (κ1) is 19.1. The fourth-order valence-electron chi connectivity index (χ4n) is 2.64. The van der Waals surface area contributed by atoms with Crippen LogP contribution in [-0.2, 0) is 22.9 Å². The Morgan fingerprint density at radius 1 is 1.11 bits per heavy atom. The summed E-state index contributed by atoms with van der Waals surface area (Å²) in [5.74, 6) is 1.34. The molecule has 7 heteroatoms. The molecule has 0 radical (unpaired) electrons. The van der Waals surface area contributed by atoms with Crippen LogP contribution in [0.15, 0.2) is 64.0 Å². The average Bonchev–Trinajstić information content (AvgIpc) is 3.17. The Morgan fingerprint density at radius 2 is 1.89 bits per heavy atom. The number of nitrogens with one attached hydrogen (secondary N) is 1. The van der Waals surface area contributed by atoms with Gasteiger partial charge < -0.3 is 9.26 Å². The van der Waals surface area contributed by atoms with Crippen molar-refractivity contribution in [2.75, 3.05) is 13.7 Å². The Bertz CT molecular complexity index is 995. The molecule has 0 amide bonds. The molecule has 0 saturated heterocycles. The maximum absolute atomic E-state index is 12.4. The highest BCUT2D eigenvalue weighted by Gasteiger charge is 2.14. The van der Waals surface area contributed by atoms with Crippen molar-refractivity contribution in [2.24, 2.45) is 0 Å². The van der Waals surface area contributed by atoms with Gasteiger partial charge in [-0.2, -0.15) is 0 Å². The first-order valence-electron chi connectivity index (χ1n) is 8.70. The summed E-state index contributed by atoms with van der Waals surface area (Å²) in [4.78, 5) is 0.261. The van der Waals surface area contributed by atoms with Gasteiger partial charge in [-0.1, -0.05) is 36.3 Å². The van der Waals surface area contributed by atoms with Crippen molar-refractivity contribution < 1.29 is 17.7 Å². The van der Waals surface area contributed by atoms with Crippen LogP contribution < -0.4 is 9.46 Å². The van der Waals surface area contributed by atoms with Gasteiger partial charge in [-0.25, -0.2) is 13.1 Å². The third-order valence-corrected chi connectivity index (χ3v) is 5.71. The molecule has 1 N–H and O–H groups in total. The van der Waals surface area contributed by atoms with Gasteiger partial charge in [0.1, 0.15) is 5.75 Å². The SMILES string of the molecule is CCc1ccc(S(=O)(=O)NCCc2cc(-c3cccc(OC)c3)on2)cc1. The first-order valence-corrected chi connectivity index (χ1v) is 10.2. The molecule has 0 aliphatic carbocycles. The van der Waals surface area contributed by atoms with E-state index in [0.29, 0.717) is 17.9 Å². The van der Waals surface area contributed by atoms with Gasteiger partial charge in [-0.3, -0.25) is 0 Å². The van der Waals surface area contributed by atoms with E-state index in [4.69, 9.17) is 9.26 Å². The third kappa shape index (κ3) is 4.75. The summed E-state index contributed by atoms with van der Waals surface area (Å²) >= 11 is 0. The summed E-state index contributed by atoms with van der Waals surface area (Å²) in [7, 11) is -1.93. The van der Waals surface area contributed by atoms with Crippen molar-refractivity contribution in [3.63, 3.8) is 0 Å². The van der Waals surface area contributed by atoms with Crippen molar-refractivity contribution in [2.45, 2.75) is 24.7 Å². The van der Waals surface area contributed by atoms with Crippen LogP contribution in [0.2, 0.25) is 0 Å². The Balaban J connectivity index is 1.61. The molecule has 0 saturated carbocycles. The molecule has 0 spiro atoms. The second-order valence-electron chi connectivity index (χ2n) is 6.06. The van der Waals surface area contributed by atoms with E-state index in [1.54, 1.807) is 25.3 Å². The normalized spacial score (nSPS) is 11.5. The van der Waals surface area contributed by atoms with Gasteiger partial charge in [0.2, 0.25) is 10.0 Å². The van der Waals surface area contributed by atoms with Crippen LogP contribution in [0.5, 0.6) is 5.75 Å². The van der Waals surface area contributed by atoms with Crippen molar-refractivity contribution >= 4 is 10.0 Å². The van der Waals surface area contributed by atoms with Gasteiger partial charge in [-0.15, -0.1) is 0 Å². The van der Waals surface area contributed by atoms with E-state index in [0.717, 1.165) is 23.3 Å². The maximum Gasteiger partial charge on any atom is 0.240 e. The van der Waals surface area contributed by atoms with Crippen molar-refractivity contribution in [1.82, 2.24) is 9.88 Å². The highest BCUT2D eigenvalue weighted by atomic mass is 32.2. The minimum Gasteiger partial charge on any atom is -0.497 e. The molecule has 0 fully saturated rings. The number of sulfonamides is 1. The minimum absolute atomic E-state index is 0.238. The van der Waals surface area contributed by atoms with E-state index in [1.807, 2.05) is 43.3 Å². The van der Waals surface area contributed by atoms with E-state index in [2.05, 4.69) is 9.88 Å². The predicted octanol–water partition coefficient (Wildman–Crippen LogP) is 3.43. The van der Waals surface area contributed by atoms with Crippen LogP contribution in [0.1, 0.15) is 18.2 Å². The number of ether oxygens (including phenoxy) is 1. The Hall–Kier alpha value is -2.64. The predicted molar refractivity (Wildman–Crippen MR) is 103 cm³/mol. The van der Waals surface area contributed by atoms with Crippen molar-refractivity contribution in [3.8, 4) is 17.1 Å². The summed E-state index contributed by atoms with van der Waals surface area (Å²) in [5, 5.41) is 4.01. The summed E-state index contributed by atoms with van der Waals surface area (Å²) < 4.78 is 37.9. The lowest BCUT2D eigenvalue weighted by Crippen LogP contribution is -2.26. The van der Waals surface area contributed by atoms with Gasteiger partial charge in [-0.05, 0) is 36.2 Å². The van der Waals surface area contributed by atoms with Gasteiger partial charge >= 0.3 is 0 Å². The second-order valence-corrected chi connectivity index (χ2v) is 7.83. The smallest absolute Gasteiger partial charge is 0.240 e. The zero-order valence-electron chi connectivity index (χ0n) is 15.3. The lowest BCUT2D eigenvalue weighted by atomic mass is 10.1. The standard InChI is InChI=1S/C20H22N2O4S/c1-3-15-7-9-19(10-8-15)27(23,24)21-12-11-17-14-20(26-22-17)16-5-4-6-18(13-16)25-2/h4-10,13-14,21H,3,11-12H2,1-2H3. The molecule has 0 atom stereocenters. The molecule has 3 rings (SSSR count). The van der Waals surface area contributed by atoms with Crippen LogP contribution in [0, 0.1) is 0 Å². The number of benzene rings is 2. The zero-order chi connectivity index (χ0) is 19.3. The summed E-state index contributed by atoms with van der Waals surface area (Å²) in [6.07, 6.45) is 1.30. The number of aromatic nitrogens is 1. The Kier molecular flexibility index (Phi) is 5.93. The number of methoxy groups -OCH3 is 1. The van der Waals surface area contributed by atoms with E-state index >= 15 is 0 Å². The molecule has 1 heterocycles. The van der Waals surface area contributed by atoms with Crippen LogP contribution in [0.4, 0.5) is 0 Å². The number of aryl methyl sites for hydroxylation is 1. The molecule has 142 valence electrons. The largest absolute Gasteiger partial charge is 0.497 e. The summed E-state index contributed by atoms with van der Waals surface area (Å²) in [5.41, 5.74) is 2.63. The van der Waals surface area contributed by atoms with E-state index in [-0.39, 0.29) is 11.4 Å². The Labute approximate surface area is 159 Å². The minimum atomic E-state index is -3.53. The average molecular weight is 386 g/mol. The van der Waals surface area contributed by atoms with Crippen molar-refractivity contribution in [1.29, 1.82) is 0 Å².